The van der Waals surface area contributed by atoms with Gasteiger partial charge in [0, 0.05) is 11.6 Å². The lowest BCUT2D eigenvalue weighted by atomic mass is 10.1. The number of carbonyl (C=O) groups excluding carboxylic acids is 1. The van der Waals surface area contributed by atoms with Crippen molar-refractivity contribution in [2.75, 3.05) is 5.32 Å². The van der Waals surface area contributed by atoms with Gasteiger partial charge in [0.25, 0.3) is 0 Å². The first-order valence-corrected chi connectivity index (χ1v) is 5.58. The second-order valence-corrected chi connectivity index (χ2v) is 5.09. The summed E-state index contributed by atoms with van der Waals surface area (Å²) in [6.07, 6.45) is 0.889. The molecule has 1 atom stereocenters. The van der Waals surface area contributed by atoms with E-state index in [4.69, 9.17) is 0 Å². The second-order valence-electron chi connectivity index (χ2n) is 5.09. The molecule has 2 N–H and O–H groups in total. The number of nitrogens with one attached hydrogen (secondary N) is 2. The van der Waals surface area contributed by atoms with E-state index in [9.17, 15) is 13.6 Å². The Balaban J connectivity index is 2.69. The Labute approximate surface area is 105 Å². The highest BCUT2D eigenvalue weighted by molar-refractivity contribution is 5.84. The molecule has 0 aromatic carbocycles. The third kappa shape index (κ3) is 4.27. The quantitative estimate of drug-likeness (QED) is 0.871. The van der Waals surface area contributed by atoms with Crippen LogP contribution >= 0.6 is 0 Å². The van der Waals surface area contributed by atoms with Crippen LogP contribution in [0.4, 0.5) is 14.6 Å². The minimum Gasteiger partial charge on any atom is -0.356 e. The highest BCUT2D eigenvalue weighted by Gasteiger charge is 2.20. The molecular formula is C12H17F2N3O. The fourth-order valence-electron chi connectivity index (χ4n) is 1.27. The number of anilines is 1. The Kier molecular flexibility index (Phi) is 4.21. The number of hydrogen-bond acceptors (Lipinski definition) is 3. The van der Waals surface area contributed by atoms with E-state index in [0.29, 0.717) is 6.07 Å². The van der Waals surface area contributed by atoms with E-state index in [1.807, 2.05) is 20.8 Å². The van der Waals surface area contributed by atoms with Gasteiger partial charge in [-0.15, -0.1) is 0 Å². The molecule has 18 heavy (non-hydrogen) atoms. The first kappa shape index (κ1) is 14.3. The van der Waals surface area contributed by atoms with Gasteiger partial charge >= 0.3 is 0 Å². The van der Waals surface area contributed by atoms with Crippen LogP contribution in [0.15, 0.2) is 12.3 Å². The fourth-order valence-corrected chi connectivity index (χ4v) is 1.27. The van der Waals surface area contributed by atoms with Crippen LogP contribution in [-0.2, 0) is 4.79 Å². The summed E-state index contributed by atoms with van der Waals surface area (Å²) in [5.74, 6) is -2.02. The molecule has 1 amide bonds. The molecule has 0 saturated carbocycles. The SMILES string of the molecule is CC(Nc1ncc(F)cc1F)C(=O)NC(C)(C)C. The van der Waals surface area contributed by atoms with Gasteiger partial charge in [0.1, 0.15) is 11.9 Å². The van der Waals surface area contributed by atoms with Crippen LogP contribution in [0.25, 0.3) is 0 Å². The largest absolute Gasteiger partial charge is 0.356 e. The van der Waals surface area contributed by atoms with Gasteiger partial charge in [0.05, 0.1) is 6.20 Å². The van der Waals surface area contributed by atoms with Gasteiger partial charge in [0.2, 0.25) is 5.91 Å². The summed E-state index contributed by atoms with van der Waals surface area (Å²) in [5, 5.41) is 5.34. The number of amides is 1. The van der Waals surface area contributed by atoms with E-state index in [1.165, 1.54) is 0 Å². The van der Waals surface area contributed by atoms with Crippen LogP contribution in [0.2, 0.25) is 0 Å². The molecule has 1 aromatic rings. The van der Waals surface area contributed by atoms with Gasteiger partial charge in [-0.25, -0.2) is 13.8 Å². The Bertz CT molecular complexity index is 443. The van der Waals surface area contributed by atoms with Crippen molar-refractivity contribution >= 4 is 11.7 Å². The Morgan fingerprint density at radius 2 is 2.00 bits per heavy atom. The molecule has 1 heterocycles. The van der Waals surface area contributed by atoms with Crippen LogP contribution in [0.3, 0.4) is 0 Å². The molecule has 0 saturated heterocycles. The van der Waals surface area contributed by atoms with Crippen molar-refractivity contribution in [2.24, 2.45) is 0 Å². The Morgan fingerprint density at radius 3 is 2.50 bits per heavy atom. The molecule has 1 rings (SSSR count). The molecular weight excluding hydrogens is 240 g/mol. The molecule has 0 radical (unpaired) electrons. The van der Waals surface area contributed by atoms with Crippen molar-refractivity contribution in [1.82, 2.24) is 10.3 Å². The molecule has 0 bridgehead atoms. The van der Waals surface area contributed by atoms with Crippen molar-refractivity contribution in [3.8, 4) is 0 Å². The fraction of sp³-hybridized carbons (Fsp3) is 0.500. The molecule has 0 fully saturated rings. The number of pyridine rings is 1. The lowest BCUT2D eigenvalue weighted by Crippen LogP contribution is -2.47. The van der Waals surface area contributed by atoms with Crippen LogP contribution in [0.5, 0.6) is 0 Å². The van der Waals surface area contributed by atoms with Gasteiger partial charge in [-0.2, -0.15) is 0 Å². The van der Waals surface area contributed by atoms with Crippen molar-refractivity contribution in [2.45, 2.75) is 39.3 Å². The molecule has 1 unspecified atom stereocenters. The number of aromatic nitrogens is 1. The predicted octanol–water partition coefficient (Wildman–Crippen LogP) is 2.07. The zero-order valence-electron chi connectivity index (χ0n) is 10.8. The van der Waals surface area contributed by atoms with E-state index in [-0.39, 0.29) is 17.3 Å². The number of rotatable bonds is 3. The van der Waals surface area contributed by atoms with E-state index in [2.05, 4.69) is 15.6 Å². The highest BCUT2D eigenvalue weighted by Crippen LogP contribution is 2.12. The Hall–Kier alpha value is -1.72. The normalized spacial score (nSPS) is 13.0. The van der Waals surface area contributed by atoms with Crippen LogP contribution in [0.1, 0.15) is 27.7 Å². The summed E-state index contributed by atoms with van der Waals surface area (Å²) in [6.45, 7) is 7.10. The molecule has 0 aliphatic carbocycles. The van der Waals surface area contributed by atoms with Crippen LogP contribution in [-0.4, -0.2) is 22.5 Å². The maximum Gasteiger partial charge on any atom is 0.242 e. The maximum absolute atomic E-state index is 13.3. The van der Waals surface area contributed by atoms with Gasteiger partial charge in [-0.05, 0) is 27.7 Å². The average molecular weight is 257 g/mol. The zero-order chi connectivity index (χ0) is 13.9. The third-order valence-electron chi connectivity index (χ3n) is 2.05. The second kappa shape index (κ2) is 5.29. The number of halogens is 2. The number of nitrogens with zero attached hydrogens (tertiary/aromatic N) is 1. The summed E-state index contributed by atoms with van der Waals surface area (Å²) in [5.41, 5.74) is -0.373. The maximum atomic E-state index is 13.3. The minimum atomic E-state index is -0.828. The minimum absolute atomic E-state index is 0.145. The molecule has 0 aliphatic heterocycles. The van der Waals surface area contributed by atoms with Gasteiger partial charge in [-0.3, -0.25) is 4.79 Å². The molecule has 100 valence electrons. The van der Waals surface area contributed by atoms with Crippen molar-refractivity contribution in [3.63, 3.8) is 0 Å². The molecule has 6 heteroatoms. The number of hydrogen-bond donors (Lipinski definition) is 2. The summed E-state index contributed by atoms with van der Waals surface area (Å²) in [4.78, 5) is 15.3. The number of carbonyl (C=O) groups is 1. The summed E-state index contributed by atoms with van der Waals surface area (Å²) in [7, 11) is 0. The summed E-state index contributed by atoms with van der Waals surface area (Å²) < 4.78 is 26.0. The highest BCUT2D eigenvalue weighted by atomic mass is 19.1. The average Bonchev–Trinajstić information content (AvgIpc) is 2.19. The van der Waals surface area contributed by atoms with Crippen molar-refractivity contribution < 1.29 is 13.6 Å². The third-order valence-corrected chi connectivity index (χ3v) is 2.05. The van der Waals surface area contributed by atoms with E-state index in [1.54, 1.807) is 6.92 Å². The summed E-state index contributed by atoms with van der Waals surface area (Å²) >= 11 is 0. The topological polar surface area (TPSA) is 54.0 Å². The lowest BCUT2D eigenvalue weighted by molar-refractivity contribution is -0.122. The molecule has 1 aromatic heterocycles. The van der Waals surface area contributed by atoms with Crippen molar-refractivity contribution in [1.29, 1.82) is 0 Å². The molecule has 0 aliphatic rings. The van der Waals surface area contributed by atoms with Gasteiger partial charge in [-0.1, -0.05) is 0 Å². The van der Waals surface area contributed by atoms with Gasteiger partial charge < -0.3 is 10.6 Å². The lowest BCUT2D eigenvalue weighted by Gasteiger charge is -2.23. The summed E-state index contributed by atoms with van der Waals surface area (Å²) in [6, 6.07) is 0.0423. The first-order chi connectivity index (χ1) is 8.19. The monoisotopic (exact) mass is 257 g/mol. The van der Waals surface area contributed by atoms with E-state index >= 15 is 0 Å². The van der Waals surface area contributed by atoms with Crippen molar-refractivity contribution in [3.05, 3.63) is 23.9 Å². The Morgan fingerprint density at radius 1 is 1.39 bits per heavy atom. The van der Waals surface area contributed by atoms with Gasteiger partial charge in [0.15, 0.2) is 11.6 Å². The smallest absolute Gasteiger partial charge is 0.242 e. The molecule has 0 spiro atoms. The van der Waals surface area contributed by atoms with E-state index < -0.39 is 17.7 Å². The first-order valence-electron chi connectivity index (χ1n) is 5.58. The zero-order valence-corrected chi connectivity index (χ0v) is 10.8. The molecule has 4 nitrogen and oxygen atoms in total. The van der Waals surface area contributed by atoms with Crippen LogP contribution < -0.4 is 10.6 Å². The predicted molar refractivity (Wildman–Crippen MR) is 65.1 cm³/mol. The van der Waals surface area contributed by atoms with E-state index in [0.717, 1.165) is 6.20 Å². The van der Waals surface area contributed by atoms with Crippen LogP contribution in [0, 0.1) is 11.6 Å². The standard InChI is InChI=1S/C12H17F2N3O/c1-7(11(18)17-12(2,3)4)16-10-9(14)5-8(13)6-15-10/h5-7H,1-4H3,(H,15,16)(H,17,18).